The molecule has 2 amide bonds. The number of hydrogen-bond donors (Lipinski definition) is 3. The van der Waals surface area contributed by atoms with Gasteiger partial charge in [0.25, 0.3) is 0 Å². The van der Waals surface area contributed by atoms with Crippen molar-refractivity contribution in [3.8, 4) is 0 Å². The second-order valence-electron chi connectivity index (χ2n) is 6.75. The number of rotatable bonds is 5. The van der Waals surface area contributed by atoms with Gasteiger partial charge in [-0.3, -0.25) is 5.32 Å². The highest BCUT2D eigenvalue weighted by molar-refractivity contribution is 7.13. The predicted molar refractivity (Wildman–Crippen MR) is 96.6 cm³/mol. The van der Waals surface area contributed by atoms with Gasteiger partial charge >= 0.3 is 6.03 Å². The summed E-state index contributed by atoms with van der Waals surface area (Å²) >= 11 is 1.43. The second kappa shape index (κ2) is 6.91. The van der Waals surface area contributed by atoms with E-state index in [4.69, 9.17) is 0 Å². The molecule has 1 aromatic carbocycles. The first-order valence-corrected chi connectivity index (χ1v) is 9.10. The molecule has 1 saturated carbocycles. The van der Waals surface area contributed by atoms with E-state index in [9.17, 15) is 9.90 Å². The van der Waals surface area contributed by atoms with Gasteiger partial charge in [0.1, 0.15) is 0 Å². The van der Waals surface area contributed by atoms with Gasteiger partial charge in [-0.15, -0.1) is 11.3 Å². The minimum Gasteiger partial charge on any atom is -0.393 e. The van der Waals surface area contributed by atoms with Crippen LogP contribution in [0.1, 0.15) is 43.9 Å². The number of carbonyl (C=O) groups excluding carboxylic acids is 1. The summed E-state index contributed by atoms with van der Waals surface area (Å²) in [6, 6.07) is 9.82. The Balaban J connectivity index is 1.60. The van der Waals surface area contributed by atoms with Gasteiger partial charge in [-0.1, -0.05) is 44.2 Å². The average Bonchev–Trinajstić information content (AvgIpc) is 3.00. The molecule has 1 fully saturated rings. The van der Waals surface area contributed by atoms with Crippen LogP contribution in [0.5, 0.6) is 0 Å². The molecule has 0 radical (unpaired) electrons. The van der Waals surface area contributed by atoms with Crippen molar-refractivity contribution in [2.45, 2.75) is 44.1 Å². The molecular weight excluding hydrogens is 322 g/mol. The molecule has 0 aliphatic heterocycles. The third-order valence-electron chi connectivity index (χ3n) is 4.56. The van der Waals surface area contributed by atoms with Crippen molar-refractivity contribution in [2.75, 3.05) is 11.9 Å². The fraction of sp³-hybridized carbons (Fsp3) is 0.444. The summed E-state index contributed by atoms with van der Waals surface area (Å²) in [6.07, 6.45) is 1.06. The van der Waals surface area contributed by atoms with E-state index in [0.717, 1.165) is 11.3 Å². The van der Waals surface area contributed by atoms with Crippen LogP contribution in [-0.2, 0) is 5.41 Å². The molecule has 1 aromatic heterocycles. The molecule has 2 aromatic rings. The highest BCUT2D eigenvalue weighted by Gasteiger charge is 2.44. The Morgan fingerprint density at radius 3 is 2.67 bits per heavy atom. The van der Waals surface area contributed by atoms with Gasteiger partial charge in [0.05, 0.1) is 11.8 Å². The smallest absolute Gasteiger partial charge is 0.321 e. The van der Waals surface area contributed by atoms with Crippen LogP contribution in [-0.4, -0.2) is 28.8 Å². The largest absolute Gasteiger partial charge is 0.393 e. The van der Waals surface area contributed by atoms with Crippen molar-refractivity contribution in [1.29, 1.82) is 0 Å². The lowest BCUT2D eigenvalue weighted by Crippen LogP contribution is -2.52. The number of aromatic nitrogens is 1. The molecule has 1 aliphatic rings. The van der Waals surface area contributed by atoms with Crippen molar-refractivity contribution in [3.05, 3.63) is 47.0 Å². The molecule has 1 heterocycles. The highest BCUT2D eigenvalue weighted by Crippen LogP contribution is 2.43. The van der Waals surface area contributed by atoms with Crippen molar-refractivity contribution in [1.82, 2.24) is 10.3 Å². The molecule has 0 bridgehead atoms. The maximum atomic E-state index is 12.2. The number of urea groups is 1. The Morgan fingerprint density at radius 1 is 1.38 bits per heavy atom. The topological polar surface area (TPSA) is 74.2 Å². The predicted octanol–water partition coefficient (Wildman–Crippen LogP) is 3.48. The van der Waals surface area contributed by atoms with Gasteiger partial charge in [-0.05, 0) is 24.3 Å². The van der Waals surface area contributed by atoms with E-state index in [2.05, 4.69) is 41.6 Å². The van der Waals surface area contributed by atoms with Crippen LogP contribution in [0.15, 0.2) is 35.7 Å². The van der Waals surface area contributed by atoms with E-state index < -0.39 is 0 Å². The Hall–Kier alpha value is -1.92. The number of carbonyl (C=O) groups is 1. The summed E-state index contributed by atoms with van der Waals surface area (Å²) in [4.78, 5) is 16.6. The monoisotopic (exact) mass is 345 g/mol. The zero-order valence-corrected chi connectivity index (χ0v) is 14.8. The number of thiazole rings is 1. The van der Waals surface area contributed by atoms with Gasteiger partial charge in [0.15, 0.2) is 5.13 Å². The summed E-state index contributed by atoms with van der Waals surface area (Å²) in [5.41, 5.74) is 1.97. The molecular formula is C18H23N3O2S. The van der Waals surface area contributed by atoms with Crippen LogP contribution in [0.25, 0.3) is 0 Å². The van der Waals surface area contributed by atoms with Crippen LogP contribution >= 0.6 is 11.3 Å². The minimum absolute atomic E-state index is 0.177. The van der Waals surface area contributed by atoms with Gasteiger partial charge in [-0.25, -0.2) is 9.78 Å². The first-order chi connectivity index (χ1) is 11.5. The number of anilines is 1. The van der Waals surface area contributed by atoms with E-state index in [1.165, 1.54) is 11.3 Å². The van der Waals surface area contributed by atoms with Crippen LogP contribution in [0, 0.1) is 0 Å². The van der Waals surface area contributed by atoms with E-state index >= 15 is 0 Å². The molecule has 6 heteroatoms. The van der Waals surface area contributed by atoms with E-state index in [1.807, 2.05) is 23.6 Å². The quantitative estimate of drug-likeness (QED) is 0.777. The summed E-state index contributed by atoms with van der Waals surface area (Å²) in [5, 5.41) is 18.1. The summed E-state index contributed by atoms with van der Waals surface area (Å²) in [7, 11) is 0. The fourth-order valence-electron chi connectivity index (χ4n) is 3.12. The number of aliphatic hydroxyl groups excluding tert-OH is 1. The first kappa shape index (κ1) is 16.9. The maximum absolute atomic E-state index is 12.2. The van der Waals surface area contributed by atoms with E-state index in [-0.39, 0.29) is 17.6 Å². The average molecular weight is 345 g/mol. The molecule has 0 unspecified atom stereocenters. The molecule has 128 valence electrons. The van der Waals surface area contributed by atoms with Gasteiger partial charge in [0.2, 0.25) is 0 Å². The number of benzene rings is 1. The van der Waals surface area contributed by atoms with Crippen LogP contribution in [0.4, 0.5) is 9.93 Å². The molecule has 3 N–H and O–H groups in total. The van der Waals surface area contributed by atoms with Gasteiger partial charge < -0.3 is 10.4 Å². The molecule has 1 aliphatic carbocycles. The molecule has 0 saturated heterocycles. The Labute approximate surface area is 146 Å². The molecule has 3 rings (SSSR count). The number of nitrogens with one attached hydrogen (secondary N) is 2. The van der Waals surface area contributed by atoms with Crippen molar-refractivity contribution < 1.29 is 9.90 Å². The highest BCUT2D eigenvalue weighted by atomic mass is 32.1. The Bertz CT molecular complexity index is 693. The van der Waals surface area contributed by atoms with Gasteiger partial charge in [-0.2, -0.15) is 0 Å². The molecule has 0 atom stereocenters. The first-order valence-electron chi connectivity index (χ1n) is 8.22. The standard InChI is InChI=1S/C18H23N3O2S/c1-12(2)15-10-24-17(20-15)21-16(23)19-11-18(8-14(22)9-18)13-6-4-3-5-7-13/h3-7,10,12,14,22H,8-9,11H2,1-2H3,(H2,19,20,21,23). The summed E-state index contributed by atoms with van der Waals surface area (Å²) in [5.74, 6) is 0.345. The normalized spacial score (nSPS) is 22.9. The van der Waals surface area contributed by atoms with E-state index in [1.54, 1.807) is 0 Å². The van der Waals surface area contributed by atoms with Crippen molar-refractivity contribution in [3.63, 3.8) is 0 Å². The maximum Gasteiger partial charge on any atom is 0.321 e. The second-order valence-corrected chi connectivity index (χ2v) is 7.61. The molecule has 5 nitrogen and oxygen atoms in total. The fourth-order valence-corrected chi connectivity index (χ4v) is 3.98. The number of nitrogens with zero attached hydrogens (tertiary/aromatic N) is 1. The third kappa shape index (κ3) is 3.60. The number of hydrogen-bond acceptors (Lipinski definition) is 4. The minimum atomic E-state index is -0.289. The Kier molecular flexibility index (Phi) is 4.87. The summed E-state index contributed by atoms with van der Waals surface area (Å²) < 4.78 is 0. The van der Waals surface area contributed by atoms with Crippen LogP contribution in [0.3, 0.4) is 0 Å². The van der Waals surface area contributed by atoms with Crippen molar-refractivity contribution >= 4 is 22.5 Å². The lowest BCUT2D eigenvalue weighted by molar-refractivity contribution is 0.0193. The number of aliphatic hydroxyl groups is 1. The van der Waals surface area contributed by atoms with E-state index in [0.29, 0.717) is 30.4 Å². The lowest BCUT2D eigenvalue weighted by atomic mass is 9.62. The van der Waals surface area contributed by atoms with Crippen LogP contribution < -0.4 is 10.6 Å². The third-order valence-corrected chi connectivity index (χ3v) is 5.34. The van der Waals surface area contributed by atoms with Crippen LogP contribution in [0.2, 0.25) is 0 Å². The van der Waals surface area contributed by atoms with Gasteiger partial charge in [0, 0.05) is 17.3 Å². The Morgan fingerprint density at radius 2 is 2.08 bits per heavy atom. The van der Waals surface area contributed by atoms with Crippen molar-refractivity contribution in [2.24, 2.45) is 0 Å². The molecule has 24 heavy (non-hydrogen) atoms. The zero-order chi connectivity index (χ0) is 17.2. The SMILES string of the molecule is CC(C)c1csc(NC(=O)NCC2(c3ccccc3)CC(O)C2)n1. The lowest BCUT2D eigenvalue weighted by Gasteiger charge is -2.46. The summed E-state index contributed by atoms with van der Waals surface area (Å²) in [6.45, 7) is 4.65. The molecule has 0 spiro atoms. The number of amides is 2. The zero-order valence-electron chi connectivity index (χ0n) is 14.0.